The molecule has 0 aliphatic rings. The minimum atomic E-state index is -0.837. The number of aliphatic carboxylic acids is 1. The summed E-state index contributed by atoms with van der Waals surface area (Å²) in [6.45, 7) is 1.51. The fourth-order valence-electron chi connectivity index (χ4n) is 1.17. The Bertz CT molecular complexity index is 457. The Labute approximate surface area is 115 Å². The van der Waals surface area contributed by atoms with Crippen LogP contribution in [-0.2, 0) is 4.79 Å². The molecule has 1 aromatic carbocycles. The van der Waals surface area contributed by atoms with E-state index in [-0.39, 0.29) is 12.2 Å². The van der Waals surface area contributed by atoms with Crippen molar-refractivity contribution in [3.63, 3.8) is 0 Å². The molecule has 4 nitrogen and oxygen atoms in total. The van der Waals surface area contributed by atoms with Crippen molar-refractivity contribution in [2.24, 2.45) is 0 Å². The van der Waals surface area contributed by atoms with E-state index >= 15 is 0 Å². The van der Waals surface area contributed by atoms with Gasteiger partial charge >= 0.3 is 5.97 Å². The molecule has 2 N–H and O–H groups in total. The van der Waals surface area contributed by atoms with Crippen LogP contribution in [0.25, 0.3) is 0 Å². The predicted molar refractivity (Wildman–Crippen MR) is 77.4 cm³/mol. The van der Waals surface area contributed by atoms with Crippen molar-refractivity contribution in [2.75, 3.05) is 11.1 Å². The topological polar surface area (TPSA) is 66.4 Å². The lowest BCUT2D eigenvalue weighted by Crippen LogP contribution is -2.07. The number of rotatable bonds is 5. The number of hydrogen-bond donors (Lipinski definition) is 2. The summed E-state index contributed by atoms with van der Waals surface area (Å²) < 4.78 is 0.520. The van der Waals surface area contributed by atoms with Crippen LogP contribution in [0.2, 0.25) is 0 Å². The molecule has 0 atom stereocenters. The van der Waals surface area contributed by atoms with Gasteiger partial charge in [0.05, 0.1) is 6.42 Å². The highest BCUT2D eigenvalue weighted by Crippen LogP contribution is 2.14. The minimum absolute atomic E-state index is 0.0139. The second-order valence-corrected chi connectivity index (χ2v) is 5.31. The number of benzene rings is 1. The van der Waals surface area contributed by atoms with E-state index in [1.807, 2.05) is 0 Å². The molecule has 6 heteroatoms. The maximum atomic E-state index is 11.1. The van der Waals surface area contributed by atoms with Gasteiger partial charge in [0.1, 0.15) is 4.32 Å². The number of carboxylic acids is 1. The number of nitrogens with one attached hydrogen (secondary N) is 1. The number of carbonyl (C=O) groups is 2. The van der Waals surface area contributed by atoms with E-state index in [1.165, 1.54) is 18.7 Å². The zero-order valence-corrected chi connectivity index (χ0v) is 11.4. The highest BCUT2D eigenvalue weighted by atomic mass is 32.2. The second kappa shape index (κ2) is 7.13. The van der Waals surface area contributed by atoms with E-state index in [1.54, 1.807) is 24.3 Å². The average molecular weight is 283 g/mol. The lowest BCUT2D eigenvalue weighted by Gasteiger charge is -2.07. The van der Waals surface area contributed by atoms with Gasteiger partial charge in [0.25, 0.3) is 0 Å². The van der Waals surface area contributed by atoms with Crippen molar-refractivity contribution in [1.82, 2.24) is 0 Å². The first-order chi connectivity index (χ1) is 8.49. The molecule has 0 aromatic heterocycles. The molecule has 0 heterocycles. The van der Waals surface area contributed by atoms with E-state index in [0.29, 0.717) is 15.6 Å². The van der Waals surface area contributed by atoms with Crippen LogP contribution >= 0.6 is 24.0 Å². The van der Waals surface area contributed by atoms with Crippen molar-refractivity contribution in [3.8, 4) is 0 Å². The lowest BCUT2D eigenvalue weighted by atomic mass is 10.1. The summed E-state index contributed by atoms with van der Waals surface area (Å²) in [7, 11) is 0. The number of carboxylic acid groups (broad SMARTS) is 1. The van der Waals surface area contributed by atoms with Crippen molar-refractivity contribution in [3.05, 3.63) is 29.8 Å². The van der Waals surface area contributed by atoms with Crippen LogP contribution in [0.1, 0.15) is 23.7 Å². The van der Waals surface area contributed by atoms with E-state index in [9.17, 15) is 9.59 Å². The lowest BCUT2D eigenvalue weighted by molar-refractivity contribution is -0.136. The van der Waals surface area contributed by atoms with Gasteiger partial charge in [-0.25, -0.2) is 0 Å². The van der Waals surface area contributed by atoms with Crippen LogP contribution in [0.4, 0.5) is 5.69 Å². The molecule has 1 rings (SSSR count). The molecular formula is C12H13NO3S2. The predicted octanol–water partition coefficient (Wildman–Crippen LogP) is 2.79. The van der Waals surface area contributed by atoms with E-state index in [2.05, 4.69) is 5.32 Å². The van der Waals surface area contributed by atoms with Gasteiger partial charge in [-0.2, -0.15) is 0 Å². The Hall–Kier alpha value is -1.40. The average Bonchev–Trinajstić information content (AvgIpc) is 2.29. The summed E-state index contributed by atoms with van der Waals surface area (Å²) in [5.41, 5.74) is 1.43. The Morgan fingerprint density at radius 1 is 1.33 bits per heavy atom. The number of thioether (sulfide) groups is 1. The first kappa shape index (κ1) is 14.7. The summed E-state index contributed by atoms with van der Waals surface area (Å²) in [6.07, 6.45) is 0.0791. The second-order valence-electron chi connectivity index (χ2n) is 3.54. The third-order valence-electron chi connectivity index (χ3n) is 2.09. The first-order valence-corrected chi connectivity index (χ1v) is 6.65. The highest BCUT2D eigenvalue weighted by Gasteiger charge is 2.03. The van der Waals surface area contributed by atoms with Gasteiger partial charge in [-0.1, -0.05) is 24.0 Å². The summed E-state index contributed by atoms with van der Waals surface area (Å²) in [5.74, 6) is -0.386. The fraction of sp³-hybridized carbons (Fsp3) is 0.250. The monoisotopic (exact) mass is 283 g/mol. The van der Waals surface area contributed by atoms with Crippen LogP contribution in [0.15, 0.2) is 24.3 Å². The van der Waals surface area contributed by atoms with Crippen LogP contribution in [-0.4, -0.2) is 26.9 Å². The quantitative estimate of drug-likeness (QED) is 0.640. The Morgan fingerprint density at radius 3 is 2.44 bits per heavy atom. The number of Topliss-reactive ketones (excluding diaryl/α,β-unsaturated/α-hetero) is 1. The molecule has 0 saturated carbocycles. The molecule has 0 saturated heterocycles. The standard InChI is InChI=1S/C12H13NO3S2/c1-8(14)9-2-4-10(5-3-9)13-12(17)18-7-6-11(15)16/h2-5H,6-7H2,1H3,(H,13,17)(H,15,16). The normalized spacial score (nSPS) is 9.83. The summed E-state index contributed by atoms with van der Waals surface area (Å²) in [4.78, 5) is 21.4. The summed E-state index contributed by atoms with van der Waals surface area (Å²) >= 11 is 6.35. The summed E-state index contributed by atoms with van der Waals surface area (Å²) in [5, 5.41) is 11.5. The van der Waals surface area contributed by atoms with Crippen molar-refractivity contribution < 1.29 is 14.7 Å². The van der Waals surface area contributed by atoms with Crippen LogP contribution in [0.3, 0.4) is 0 Å². The van der Waals surface area contributed by atoms with Gasteiger partial charge < -0.3 is 10.4 Å². The maximum absolute atomic E-state index is 11.1. The largest absolute Gasteiger partial charge is 0.481 e. The number of thiocarbonyl (C=S) groups is 1. The van der Waals surface area contributed by atoms with Gasteiger partial charge in [-0.05, 0) is 31.2 Å². The van der Waals surface area contributed by atoms with Gasteiger partial charge in [0, 0.05) is 17.0 Å². The molecule has 0 fully saturated rings. The number of anilines is 1. The Balaban J connectivity index is 2.44. The smallest absolute Gasteiger partial charge is 0.304 e. The maximum Gasteiger partial charge on any atom is 0.304 e. The molecule has 18 heavy (non-hydrogen) atoms. The molecule has 1 aromatic rings. The zero-order valence-electron chi connectivity index (χ0n) is 9.80. The third kappa shape index (κ3) is 5.29. The van der Waals surface area contributed by atoms with E-state index in [4.69, 9.17) is 17.3 Å². The molecule has 0 amide bonds. The molecule has 96 valence electrons. The fourth-order valence-corrected chi connectivity index (χ4v) is 2.19. The molecule has 0 spiro atoms. The van der Waals surface area contributed by atoms with Crippen molar-refractivity contribution in [1.29, 1.82) is 0 Å². The number of carbonyl (C=O) groups excluding carboxylic acids is 1. The molecule has 0 aliphatic carbocycles. The first-order valence-electron chi connectivity index (χ1n) is 5.25. The molecular weight excluding hydrogens is 270 g/mol. The Morgan fingerprint density at radius 2 is 1.94 bits per heavy atom. The molecule has 0 radical (unpaired) electrons. The van der Waals surface area contributed by atoms with Crippen molar-refractivity contribution >= 4 is 45.7 Å². The van der Waals surface area contributed by atoms with Crippen LogP contribution in [0, 0.1) is 0 Å². The van der Waals surface area contributed by atoms with E-state index in [0.717, 1.165) is 5.69 Å². The SMILES string of the molecule is CC(=O)c1ccc(NC(=S)SCCC(=O)O)cc1. The van der Waals surface area contributed by atoms with Gasteiger partial charge in [-0.3, -0.25) is 9.59 Å². The van der Waals surface area contributed by atoms with Crippen LogP contribution in [0.5, 0.6) is 0 Å². The van der Waals surface area contributed by atoms with Crippen LogP contribution < -0.4 is 5.32 Å². The molecule has 0 bridgehead atoms. The molecule has 0 unspecified atom stereocenters. The highest BCUT2D eigenvalue weighted by molar-refractivity contribution is 8.23. The van der Waals surface area contributed by atoms with E-state index < -0.39 is 5.97 Å². The number of ketones is 1. The van der Waals surface area contributed by atoms with Crippen molar-refractivity contribution in [2.45, 2.75) is 13.3 Å². The van der Waals surface area contributed by atoms with Gasteiger partial charge in [-0.15, -0.1) is 0 Å². The van der Waals surface area contributed by atoms with Gasteiger partial charge in [0.2, 0.25) is 0 Å². The molecule has 0 aliphatic heterocycles. The zero-order chi connectivity index (χ0) is 13.5. The number of hydrogen-bond acceptors (Lipinski definition) is 4. The Kier molecular flexibility index (Phi) is 5.80. The third-order valence-corrected chi connectivity index (χ3v) is 3.32. The minimum Gasteiger partial charge on any atom is -0.481 e. The summed E-state index contributed by atoms with van der Waals surface area (Å²) in [6, 6.07) is 6.96. The van der Waals surface area contributed by atoms with Gasteiger partial charge in [0.15, 0.2) is 5.78 Å².